The molecule has 0 bridgehead atoms. The van der Waals surface area contributed by atoms with E-state index in [1.807, 2.05) is 50.3 Å². The first-order valence-electron chi connectivity index (χ1n) is 15.7. The summed E-state index contributed by atoms with van der Waals surface area (Å²) in [5.74, 6) is -4.04. The van der Waals surface area contributed by atoms with Crippen molar-refractivity contribution in [1.29, 1.82) is 0 Å². The molecule has 46 heavy (non-hydrogen) atoms. The number of anilines is 2. The second kappa shape index (κ2) is 10.9. The number of fused-ring (bicyclic) bond motifs is 4. The smallest absolute Gasteiger partial charge is 0.241 e. The van der Waals surface area contributed by atoms with E-state index in [9.17, 15) is 24.3 Å². The van der Waals surface area contributed by atoms with Crippen molar-refractivity contribution in [3.63, 3.8) is 0 Å². The molecule has 0 aromatic heterocycles. The molecular weight excluding hydrogens is 584 g/mol. The van der Waals surface area contributed by atoms with Crippen LogP contribution in [-0.2, 0) is 25.6 Å². The fraction of sp³-hybridized carbons (Fsp3) is 0.351. The number of aryl methyl sites for hydroxylation is 1. The molecule has 2 heterocycles. The summed E-state index contributed by atoms with van der Waals surface area (Å²) < 4.78 is 11.6. The molecule has 9 heteroatoms. The predicted octanol–water partition coefficient (Wildman–Crippen LogP) is 5.41. The van der Waals surface area contributed by atoms with Gasteiger partial charge in [-0.2, -0.15) is 0 Å². The van der Waals surface area contributed by atoms with E-state index in [1.54, 1.807) is 24.3 Å². The summed E-state index contributed by atoms with van der Waals surface area (Å²) in [5, 5.41) is 10.5. The van der Waals surface area contributed by atoms with E-state index in [1.165, 1.54) is 36.2 Å². The van der Waals surface area contributed by atoms with Crippen molar-refractivity contribution >= 4 is 35.0 Å². The van der Waals surface area contributed by atoms with Gasteiger partial charge in [0.25, 0.3) is 0 Å². The third-order valence-corrected chi connectivity index (χ3v) is 10.7. The second-order valence-corrected chi connectivity index (χ2v) is 12.8. The van der Waals surface area contributed by atoms with E-state index in [-0.39, 0.29) is 35.8 Å². The molecule has 236 valence electrons. The molecule has 3 fully saturated rings. The lowest BCUT2D eigenvalue weighted by molar-refractivity contribution is -0.131. The van der Waals surface area contributed by atoms with Crippen molar-refractivity contribution in [2.75, 3.05) is 24.0 Å². The van der Waals surface area contributed by atoms with E-state index >= 15 is 0 Å². The topological polar surface area (TPSA) is 113 Å². The van der Waals surface area contributed by atoms with Crippen molar-refractivity contribution in [2.24, 2.45) is 29.1 Å². The van der Waals surface area contributed by atoms with Gasteiger partial charge in [0.1, 0.15) is 17.2 Å². The number of carbonyl (C=O) groups excluding carboxylic acids is 4. The third-order valence-electron chi connectivity index (χ3n) is 10.7. The molecule has 9 nitrogen and oxygen atoms in total. The van der Waals surface area contributed by atoms with Gasteiger partial charge in [0.2, 0.25) is 23.6 Å². The summed E-state index contributed by atoms with van der Waals surface area (Å²) in [7, 11) is 2.95. The molecule has 6 unspecified atom stereocenters. The van der Waals surface area contributed by atoms with E-state index in [0.29, 0.717) is 34.9 Å². The number of phenolic OH excluding ortho intramolecular Hbond substituents is 1. The van der Waals surface area contributed by atoms with E-state index in [4.69, 9.17) is 9.47 Å². The van der Waals surface area contributed by atoms with E-state index in [0.717, 1.165) is 17.6 Å². The normalized spacial score (nSPS) is 28.5. The summed E-state index contributed by atoms with van der Waals surface area (Å²) in [5.41, 5.74) is 2.15. The highest BCUT2D eigenvalue weighted by Gasteiger charge is 2.68. The van der Waals surface area contributed by atoms with Gasteiger partial charge in [-0.05, 0) is 61.9 Å². The Morgan fingerprint density at radius 3 is 2.07 bits per heavy atom. The van der Waals surface area contributed by atoms with Crippen molar-refractivity contribution in [3.8, 4) is 17.2 Å². The Balaban J connectivity index is 1.40. The molecule has 7 rings (SSSR count). The average molecular weight is 621 g/mol. The highest BCUT2D eigenvalue weighted by molar-refractivity contribution is 6.25. The number of carbonyl (C=O) groups is 4. The molecule has 0 radical (unpaired) electrons. The molecule has 3 aromatic rings. The SMILES string of the molecule is CCc1ccc(N2C(=O)C3CC=C4C(CC5C(=O)N(c6ccccc6)C(=O)C5(C)C4c4c(OC)cc(O)cc4OC)C3C2=O)cc1. The van der Waals surface area contributed by atoms with Gasteiger partial charge in [0, 0.05) is 23.6 Å². The first-order chi connectivity index (χ1) is 22.1. The monoisotopic (exact) mass is 620 g/mol. The maximum atomic E-state index is 14.6. The largest absolute Gasteiger partial charge is 0.508 e. The van der Waals surface area contributed by atoms with Crippen LogP contribution >= 0.6 is 0 Å². The van der Waals surface area contributed by atoms with Gasteiger partial charge in [-0.25, -0.2) is 4.90 Å². The minimum Gasteiger partial charge on any atom is -0.508 e. The molecule has 3 aromatic carbocycles. The average Bonchev–Trinajstić information content (AvgIpc) is 3.44. The number of para-hydroxylation sites is 1. The predicted molar refractivity (Wildman–Crippen MR) is 171 cm³/mol. The van der Waals surface area contributed by atoms with Gasteiger partial charge in [-0.15, -0.1) is 0 Å². The van der Waals surface area contributed by atoms with Crippen LogP contribution in [0.4, 0.5) is 11.4 Å². The fourth-order valence-electron chi connectivity index (χ4n) is 8.49. The number of aromatic hydroxyl groups is 1. The van der Waals surface area contributed by atoms with Gasteiger partial charge < -0.3 is 14.6 Å². The highest BCUT2D eigenvalue weighted by Crippen LogP contribution is 2.65. The number of ether oxygens (including phenoxy) is 2. The van der Waals surface area contributed by atoms with Gasteiger partial charge in [0.15, 0.2) is 0 Å². The van der Waals surface area contributed by atoms with Crippen LogP contribution in [0, 0.1) is 29.1 Å². The molecule has 1 saturated carbocycles. The number of benzene rings is 3. The zero-order valence-electron chi connectivity index (χ0n) is 26.2. The maximum Gasteiger partial charge on any atom is 0.241 e. The minimum absolute atomic E-state index is 0.0785. The maximum absolute atomic E-state index is 14.6. The Morgan fingerprint density at radius 1 is 0.826 bits per heavy atom. The summed E-state index contributed by atoms with van der Waals surface area (Å²) in [6.45, 7) is 3.85. The zero-order valence-corrected chi connectivity index (χ0v) is 26.2. The molecule has 0 spiro atoms. The Morgan fingerprint density at radius 2 is 1.46 bits per heavy atom. The Labute approximate surface area is 267 Å². The van der Waals surface area contributed by atoms with Crippen molar-refractivity contribution in [1.82, 2.24) is 0 Å². The molecule has 2 saturated heterocycles. The number of nitrogens with zero attached hydrogens (tertiary/aromatic N) is 2. The Bertz CT molecular complexity index is 1770. The number of phenols is 1. The lowest BCUT2D eigenvalue weighted by Gasteiger charge is -2.49. The number of hydrogen-bond acceptors (Lipinski definition) is 7. The first kappa shape index (κ1) is 29.8. The summed E-state index contributed by atoms with van der Waals surface area (Å²) in [4.78, 5) is 59.8. The van der Waals surface area contributed by atoms with Crippen LogP contribution in [0.3, 0.4) is 0 Å². The molecular formula is C37H36N2O7. The molecule has 6 atom stereocenters. The Hall–Kier alpha value is -4.92. The highest BCUT2D eigenvalue weighted by atomic mass is 16.5. The number of rotatable bonds is 6. The van der Waals surface area contributed by atoms with Gasteiger partial charge in [-0.1, -0.05) is 48.9 Å². The van der Waals surface area contributed by atoms with E-state index < -0.39 is 35.0 Å². The number of methoxy groups -OCH3 is 2. The van der Waals surface area contributed by atoms with Crippen LogP contribution in [0.1, 0.15) is 43.7 Å². The lowest BCUT2D eigenvalue weighted by atomic mass is 9.51. The van der Waals surface area contributed by atoms with Crippen molar-refractivity contribution in [3.05, 3.63) is 89.5 Å². The van der Waals surface area contributed by atoms with Crippen molar-refractivity contribution in [2.45, 2.75) is 39.0 Å². The molecule has 4 aliphatic rings. The fourth-order valence-corrected chi connectivity index (χ4v) is 8.49. The van der Waals surface area contributed by atoms with Crippen LogP contribution in [-0.4, -0.2) is 43.0 Å². The second-order valence-electron chi connectivity index (χ2n) is 12.8. The molecule has 4 amide bonds. The lowest BCUT2D eigenvalue weighted by Crippen LogP contribution is -2.49. The van der Waals surface area contributed by atoms with Gasteiger partial charge in [-0.3, -0.25) is 24.1 Å². The molecule has 2 aliphatic heterocycles. The quantitative estimate of drug-likeness (QED) is 0.290. The number of hydrogen-bond donors (Lipinski definition) is 1. The van der Waals surface area contributed by atoms with Crippen molar-refractivity contribution < 1.29 is 33.8 Å². The molecule has 2 aliphatic carbocycles. The van der Waals surface area contributed by atoms with Crippen LogP contribution in [0.15, 0.2) is 78.4 Å². The van der Waals surface area contributed by atoms with Crippen LogP contribution in [0.25, 0.3) is 0 Å². The number of imide groups is 2. The van der Waals surface area contributed by atoms with Crippen LogP contribution < -0.4 is 19.3 Å². The summed E-state index contributed by atoms with van der Waals surface area (Å²) in [6.07, 6.45) is 3.37. The Kier molecular flexibility index (Phi) is 7.03. The van der Waals surface area contributed by atoms with Gasteiger partial charge in [0.05, 0.1) is 48.8 Å². The van der Waals surface area contributed by atoms with Gasteiger partial charge >= 0.3 is 0 Å². The van der Waals surface area contributed by atoms with Crippen LogP contribution in [0.2, 0.25) is 0 Å². The summed E-state index contributed by atoms with van der Waals surface area (Å²) in [6, 6.07) is 19.2. The standard InChI is InChI=1S/C37H36N2O7/c1-5-20-11-13-22(14-12-20)38-33(41)25-16-15-24-26(30(25)35(38)43)19-27-34(42)39(21-9-7-6-8-10-21)36(44)37(27,2)32(24)31-28(45-3)17-23(40)18-29(31)46-4/h6-15,17-18,25-27,30,32,40H,5,16,19H2,1-4H3. The minimum atomic E-state index is -1.28. The number of allylic oxidation sites excluding steroid dienone is 2. The third kappa shape index (κ3) is 4.06. The van der Waals surface area contributed by atoms with Crippen LogP contribution in [0.5, 0.6) is 17.2 Å². The zero-order chi connectivity index (χ0) is 32.5. The first-order valence-corrected chi connectivity index (χ1v) is 15.7. The molecule has 1 N–H and O–H groups in total. The summed E-state index contributed by atoms with van der Waals surface area (Å²) >= 11 is 0. The number of amides is 4. The van der Waals surface area contributed by atoms with E-state index in [2.05, 4.69) is 0 Å².